The Bertz CT molecular complexity index is 1410. The molecule has 5 rings (SSSR count). The summed E-state index contributed by atoms with van der Waals surface area (Å²) in [6, 6.07) is 6.12. The number of halogens is 1. The van der Waals surface area contributed by atoms with Crippen molar-refractivity contribution >= 4 is 33.1 Å². The number of amides is 1. The Morgan fingerprint density at radius 2 is 2.13 bits per heavy atom. The summed E-state index contributed by atoms with van der Waals surface area (Å²) in [5.41, 5.74) is 6.37. The summed E-state index contributed by atoms with van der Waals surface area (Å²) in [6.07, 6.45) is 7.06. The number of primary amides is 1. The minimum atomic E-state index is -3.39. The molecule has 2 fully saturated rings. The van der Waals surface area contributed by atoms with Crippen LogP contribution in [0.1, 0.15) is 35.8 Å². The number of nitrogens with two attached hydrogens (primary N) is 1. The Kier molecular flexibility index (Phi) is 7.40. The largest absolute Gasteiger partial charge is 0.369 e. The maximum atomic E-state index is 14.4. The average molecular weight is 561 g/mol. The summed E-state index contributed by atoms with van der Waals surface area (Å²) in [7, 11) is -3.39. The molecule has 4 heterocycles. The third-order valence-electron chi connectivity index (χ3n) is 7.24. The number of aromatic nitrogens is 4. The SMILES string of the molecule is CS(=O)(=O)N1CCN[C@@H](C(C(N)=O)c2cnc(-c3ccc(NCC4(c5ncccc5F)CCC4)nn3)s2)C1. The number of rotatable bonds is 9. The van der Waals surface area contributed by atoms with Crippen molar-refractivity contribution in [2.24, 2.45) is 5.73 Å². The van der Waals surface area contributed by atoms with Crippen LogP contribution in [-0.2, 0) is 20.2 Å². The highest BCUT2D eigenvalue weighted by Crippen LogP contribution is 2.43. The van der Waals surface area contributed by atoms with Gasteiger partial charge in [-0.1, -0.05) is 6.42 Å². The molecule has 1 amide bonds. The quantitative estimate of drug-likeness (QED) is 0.353. The smallest absolute Gasteiger partial charge is 0.227 e. The Hall–Kier alpha value is -3.07. The first-order chi connectivity index (χ1) is 18.2. The molecule has 1 aliphatic carbocycles. The summed E-state index contributed by atoms with van der Waals surface area (Å²) < 4.78 is 39.8. The van der Waals surface area contributed by atoms with Crippen LogP contribution in [0.15, 0.2) is 36.7 Å². The molecule has 0 spiro atoms. The van der Waals surface area contributed by atoms with Crippen LogP contribution in [-0.4, -0.2) is 77.3 Å². The lowest BCUT2D eigenvalue weighted by Gasteiger charge is -2.41. The summed E-state index contributed by atoms with van der Waals surface area (Å²) >= 11 is 1.27. The molecule has 0 bridgehead atoms. The zero-order valence-electron chi connectivity index (χ0n) is 20.8. The molecule has 4 N–H and O–H groups in total. The predicted octanol–water partition coefficient (Wildman–Crippen LogP) is 1.47. The van der Waals surface area contributed by atoms with Gasteiger partial charge in [-0.15, -0.1) is 21.5 Å². The maximum absolute atomic E-state index is 14.4. The van der Waals surface area contributed by atoms with Crippen molar-refractivity contribution in [2.45, 2.75) is 36.6 Å². The van der Waals surface area contributed by atoms with Crippen LogP contribution >= 0.6 is 11.3 Å². The van der Waals surface area contributed by atoms with E-state index >= 15 is 0 Å². The fourth-order valence-corrected chi connectivity index (χ4v) is 6.95. The lowest BCUT2D eigenvalue weighted by molar-refractivity contribution is -0.120. The number of hydrogen-bond donors (Lipinski definition) is 3. The first-order valence-corrected chi connectivity index (χ1v) is 15.0. The summed E-state index contributed by atoms with van der Waals surface area (Å²) in [6.45, 7) is 1.39. The molecule has 2 atom stereocenters. The van der Waals surface area contributed by atoms with Crippen molar-refractivity contribution in [2.75, 3.05) is 37.8 Å². The van der Waals surface area contributed by atoms with Gasteiger partial charge in [-0.25, -0.2) is 17.8 Å². The van der Waals surface area contributed by atoms with E-state index in [-0.39, 0.29) is 17.8 Å². The molecule has 11 nitrogen and oxygen atoms in total. The first kappa shape index (κ1) is 26.5. The van der Waals surface area contributed by atoms with Gasteiger partial charge in [-0.3, -0.25) is 9.78 Å². The van der Waals surface area contributed by atoms with Crippen LogP contribution in [0, 0.1) is 5.82 Å². The van der Waals surface area contributed by atoms with Crippen LogP contribution in [0.4, 0.5) is 10.2 Å². The molecule has 1 saturated heterocycles. The number of nitrogens with one attached hydrogen (secondary N) is 2. The second kappa shape index (κ2) is 10.6. The van der Waals surface area contributed by atoms with Crippen molar-refractivity contribution < 1.29 is 17.6 Å². The second-order valence-electron chi connectivity index (χ2n) is 9.75. The number of hydrogen-bond acceptors (Lipinski definition) is 10. The van der Waals surface area contributed by atoms with Crippen LogP contribution < -0.4 is 16.4 Å². The monoisotopic (exact) mass is 560 g/mol. The summed E-state index contributed by atoms with van der Waals surface area (Å²) in [5.74, 6) is -1.05. The molecule has 1 aliphatic heterocycles. The average Bonchev–Trinajstić information content (AvgIpc) is 3.34. The predicted molar refractivity (Wildman–Crippen MR) is 141 cm³/mol. The van der Waals surface area contributed by atoms with Crippen LogP contribution in [0.2, 0.25) is 0 Å². The van der Waals surface area contributed by atoms with E-state index < -0.39 is 27.9 Å². The van der Waals surface area contributed by atoms with E-state index in [1.807, 2.05) is 0 Å². The molecule has 1 saturated carbocycles. The van der Waals surface area contributed by atoms with Crippen molar-refractivity contribution in [3.05, 3.63) is 53.0 Å². The number of thiazole rings is 1. The fourth-order valence-electron chi connectivity index (χ4n) is 5.04. The van der Waals surface area contributed by atoms with Crippen molar-refractivity contribution in [1.82, 2.24) is 29.8 Å². The molecule has 3 aromatic heterocycles. The Morgan fingerprint density at radius 3 is 2.76 bits per heavy atom. The topological polar surface area (TPSA) is 156 Å². The van der Waals surface area contributed by atoms with Gasteiger partial charge >= 0.3 is 0 Å². The molecule has 3 aromatic rings. The molecule has 202 valence electrons. The lowest BCUT2D eigenvalue weighted by Crippen LogP contribution is -2.56. The van der Waals surface area contributed by atoms with Crippen molar-refractivity contribution in [3.63, 3.8) is 0 Å². The van der Waals surface area contributed by atoms with Gasteiger partial charge in [0.25, 0.3) is 0 Å². The van der Waals surface area contributed by atoms with E-state index in [0.717, 1.165) is 25.5 Å². The van der Waals surface area contributed by atoms with Gasteiger partial charge in [-0.05, 0) is 37.1 Å². The maximum Gasteiger partial charge on any atom is 0.227 e. The van der Waals surface area contributed by atoms with Crippen molar-refractivity contribution in [1.29, 1.82) is 0 Å². The van der Waals surface area contributed by atoms with E-state index in [9.17, 15) is 17.6 Å². The molecular weight excluding hydrogens is 531 g/mol. The highest BCUT2D eigenvalue weighted by atomic mass is 32.2. The first-order valence-electron chi connectivity index (χ1n) is 12.3. The Labute approximate surface area is 224 Å². The van der Waals surface area contributed by atoms with E-state index in [1.165, 1.54) is 21.7 Å². The van der Waals surface area contributed by atoms with E-state index in [2.05, 4.69) is 30.8 Å². The van der Waals surface area contributed by atoms with Crippen molar-refractivity contribution in [3.8, 4) is 10.7 Å². The van der Waals surface area contributed by atoms with Gasteiger partial charge in [-0.2, -0.15) is 4.31 Å². The Balaban J connectivity index is 1.28. The van der Waals surface area contributed by atoms with Gasteiger partial charge < -0.3 is 16.4 Å². The highest BCUT2D eigenvalue weighted by molar-refractivity contribution is 7.88. The van der Waals surface area contributed by atoms with Gasteiger partial charge in [0.05, 0.1) is 17.9 Å². The van der Waals surface area contributed by atoms with Crippen LogP contribution in [0.3, 0.4) is 0 Å². The second-order valence-corrected chi connectivity index (χ2v) is 12.8. The minimum absolute atomic E-state index is 0.143. The van der Waals surface area contributed by atoms with Gasteiger partial charge in [0, 0.05) is 54.9 Å². The molecular formula is C24H29FN8O3S2. The number of piperazine rings is 1. The van der Waals surface area contributed by atoms with Gasteiger partial charge in [0.1, 0.15) is 22.3 Å². The van der Waals surface area contributed by atoms with Gasteiger partial charge in [0.2, 0.25) is 15.9 Å². The number of carbonyl (C=O) groups is 1. The zero-order chi connectivity index (χ0) is 26.9. The number of anilines is 1. The molecule has 0 aromatic carbocycles. The normalized spacial score (nSPS) is 20.4. The van der Waals surface area contributed by atoms with E-state index in [4.69, 9.17) is 5.73 Å². The third-order valence-corrected chi connectivity index (χ3v) is 9.61. The van der Waals surface area contributed by atoms with E-state index in [0.29, 0.717) is 46.7 Å². The van der Waals surface area contributed by atoms with Gasteiger partial charge in [0.15, 0.2) is 0 Å². The number of nitrogens with zero attached hydrogens (tertiary/aromatic N) is 5. The molecule has 0 radical (unpaired) electrons. The number of sulfonamides is 1. The van der Waals surface area contributed by atoms with E-state index in [1.54, 1.807) is 30.6 Å². The molecule has 14 heteroatoms. The third kappa shape index (κ3) is 5.39. The van der Waals surface area contributed by atoms with Crippen LogP contribution in [0.25, 0.3) is 10.7 Å². The van der Waals surface area contributed by atoms with Crippen LogP contribution in [0.5, 0.6) is 0 Å². The molecule has 38 heavy (non-hydrogen) atoms. The summed E-state index contributed by atoms with van der Waals surface area (Å²) in [4.78, 5) is 21.7. The lowest BCUT2D eigenvalue weighted by atomic mass is 9.66. The zero-order valence-corrected chi connectivity index (χ0v) is 22.4. The molecule has 1 unspecified atom stereocenters. The molecule has 2 aliphatic rings. The minimum Gasteiger partial charge on any atom is -0.369 e. The number of carbonyl (C=O) groups excluding carboxylic acids is 1. The number of pyridine rings is 1. The summed E-state index contributed by atoms with van der Waals surface area (Å²) in [5, 5.41) is 15.6. The highest BCUT2D eigenvalue weighted by Gasteiger charge is 2.42. The standard InChI is InChI=1S/C24H29FN8O3S2/c1-38(35,36)33-11-10-27-17(13-33)20(22(26)34)18-12-29-23(37-18)16-5-6-19(32-31-16)30-14-24(7-3-8-24)21-15(25)4-2-9-28-21/h2,4-6,9,12,17,20,27H,3,7-8,10-11,13-14H2,1H3,(H2,26,34)(H,30,32)/t17-,20?/m1/s1. The fraction of sp³-hybridized carbons (Fsp3) is 0.458. The Morgan fingerprint density at radius 1 is 1.32 bits per heavy atom.